The topological polar surface area (TPSA) is 97.9 Å². The van der Waals surface area contributed by atoms with Crippen molar-refractivity contribution < 1.29 is 9.32 Å². The maximum absolute atomic E-state index is 12.7. The molecule has 0 N–H and O–H groups in total. The van der Waals surface area contributed by atoms with Crippen molar-refractivity contribution in [3.05, 3.63) is 53.8 Å². The lowest BCUT2D eigenvalue weighted by molar-refractivity contribution is 0.0666. The molecule has 4 rings (SSSR count). The number of amides is 1. The molecule has 0 saturated carbocycles. The average molecular weight is 378 g/mol. The molecule has 1 amide bonds. The number of hydrogen-bond acceptors (Lipinski definition) is 7. The molecule has 1 unspecified atom stereocenters. The quantitative estimate of drug-likeness (QED) is 0.688. The molecule has 0 aliphatic carbocycles. The molecule has 1 saturated heterocycles. The highest BCUT2D eigenvalue weighted by atomic mass is 16.5. The zero-order valence-electron chi connectivity index (χ0n) is 16.0. The summed E-state index contributed by atoms with van der Waals surface area (Å²) in [6.07, 6.45) is 9.05. The van der Waals surface area contributed by atoms with Gasteiger partial charge in [0, 0.05) is 31.2 Å². The lowest BCUT2D eigenvalue weighted by atomic mass is 9.92. The molecule has 0 spiro atoms. The highest BCUT2D eigenvalue weighted by molar-refractivity contribution is 5.92. The molecule has 1 aliphatic rings. The van der Waals surface area contributed by atoms with Crippen LogP contribution >= 0.6 is 0 Å². The van der Waals surface area contributed by atoms with Crippen molar-refractivity contribution in [1.82, 2.24) is 30.0 Å². The van der Waals surface area contributed by atoms with Gasteiger partial charge in [-0.1, -0.05) is 5.16 Å². The zero-order chi connectivity index (χ0) is 19.5. The van der Waals surface area contributed by atoms with E-state index >= 15 is 0 Å². The first kappa shape index (κ1) is 18.2. The van der Waals surface area contributed by atoms with E-state index in [0.29, 0.717) is 18.2 Å². The minimum atomic E-state index is -0.0584. The highest BCUT2D eigenvalue weighted by Gasteiger charge is 2.26. The molecule has 1 atom stereocenters. The normalized spacial score (nSPS) is 16.9. The number of likely N-dealkylation sites (tertiary alicyclic amines) is 1. The second kappa shape index (κ2) is 7.84. The fourth-order valence-electron chi connectivity index (χ4n) is 3.78. The molecule has 4 heterocycles. The maximum Gasteiger partial charge on any atom is 0.274 e. The van der Waals surface area contributed by atoms with Gasteiger partial charge in [-0.2, -0.15) is 0 Å². The Bertz CT molecular complexity index is 952. The van der Waals surface area contributed by atoms with Gasteiger partial charge >= 0.3 is 0 Å². The maximum atomic E-state index is 12.7. The molecular weight excluding hydrogens is 356 g/mol. The molecule has 1 fully saturated rings. The van der Waals surface area contributed by atoms with Crippen LogP contribution in [0.1, 0.15) is 40.5 Å². The number of nitrogens with zero attached hydrogens (tertiary/aromatic N) is 6. The van der Waals surface area contributed by atoms with Gasteiger partial charge in [0.05, 0.1) is 23.1 Å². The molecule has 0 radical (unpaired) electrons. The van der Waals surface area contributed by atoms with E-state index in [9.17, 15) is 4.79 Å². The Morgan fingerprint density at radius 1 is 1.25 bits per heavy atom. The predicted molar refractivity (Wildman–Crippen MR) is 101 cm³/mol. The average Bonchev–Trinajstić information content (AvgIpc) is 3.06. The molecule has 8 heteroatoms. The van der Waals surface area contributed by atoms with Gasteiger partial charge in [-0.15, -0.1) is 0 Å². The van der Waals surface area contributed by atoms with Crippen molar-refractivity contribution in [2.75, 3.05) is 13.1 Å². The van der Waals surface area contributed by atoms with Crippen LogP contribution in [-0.4, -0.2) is 49.0 Å². The number of piperidine rings is 1. The number of carbonyl (C=O) groups excluding carboxylic acids is 1. The van der Waals surface area contributed by atoms with Gasteiger partial charge in [-0.25, -0.2) is 15.0 Å². The van der Waals surface area contributed by atoms with Crippen molar-refractivity contribution in [2.24, 2.45) is 5.92 Å². The molecule has 3 aromatic rings. The van der Waals surface area contributed by atoms with Crippen molar-refractivity contribution in [3.63, 3.8) is 0 Å². The second-order valence-corrected chi connectivity index (χ2v) is 7.15. The van der Waals surface area contributed by atoms with Crippen molar-refractivity contribution in [2.45, 2.75) is 33.1 Å². The Morgan fingerprint density at radius 3 is 2.89 bits per heavy atom. The monoisotopic (exact) mass is 378 g/mol. The third kappa shape index (κ3) is 3.76. The van der Waals surface area contributed by atoms with E-state index in [-0.39, 0.29) is 5.91 Å². The predicted octanol–water partition coefficient (Wildman–Crippen LogP) is 2.63. The van der Waals surface area contributed by atoms with Crippen LogP contribution in [0.3, 0.4) is 0 Å². The number of aromatic nitrogens is 5. The van der Waals surface area contributed by atoms with Gasteiger partial charge in [0.15, 0.2) is 0 Å². The van der Waals surface area contributed by atoms with Crippen LogP contribution in [0.2, 0.25) is 0 Å². The van der Waals surface area contributed by atoms with Crippen LogP contribution in [0.4, 0.5) is 0 Å². The number of hydrogen-bond donors (Lipinski definition) is 0. The molecule has 144 valence electrons. The fraction of sp³-hybridized carbons (Fsp3) is 0.400. The SMILES string of the molecule is Cc1noc(C)c1-c1cc(CC2CCCN(C(=O)c3cnccn3)C2)ncn1. The minimum Gasteiger partial charge on any atom is -0.361 e. The smallest absolute Gasteiger partial charge is 0.274 e. The Hall–Kier alpha value is -3.16. The van der Waals surface area contributed by atoms with E-state index in [1.54, 1.807) is 18.7 Å². The zero-order valence-corrected chi connectivity index (χ0v) is 16.0. The van der Waals surface area contributed by atoms with Gasteiger partial charge in [0.2, 0.25) is 0 Å². The summed E-state index contributed by atoms with van der Waals surface area (Å²) < 4.78 is 5.26. The van der Waals surface area contributed by atoms with Gasteiger partial charge < -0.3 is 9.42 Å². The van der Waals surface area contributed by atoms with Gasteiger partial charge in [0.1, 0.15) is 17.8 Å². The second-order valence-electron chi connectivity index (χ2n) is 7.15. The minimum absolute atomic E-state index is 0.0584. The molecule has 28 heavy (non-hydrogen) atoms. The molecule has 3 aromatic heterocycles. The Balaban J connectivity index is 1.47. The van der Waals surface area contributed by atoms with E-state index < -0.39 is 0 Å². The summed E-state index contributed by atoms with van der Waals surface area (Å²) in [6, 6.07) is 2.00. The van der Waals surface area contributed by atoms with Crippen LogP contribution in [0.5, 0.6) is 0 Å². The van der Waals surface area contributed by atoms with Crippen molar-refractivity contribution >= 4 is 5.91 Å². The summed E-state index contributed by atoms with van der Waals surface area (Å²) in [7, 11) is 0. The van der Waals surface area contributed by atoms with Crippen LogP contribution in [-0.2, 0) is 6.42 Å². The lowest BCUT2D eigenvalue weighted by Crippen LogP contribution is -2.41. The summed E-state index contributed by atoms with van der Waals surface area (Å²) in [5.74, 6) is 1.04. The standard InChI is InChI=1S/C20H22N6O2/c1-13-19(14(2)28-25-13)17-9-16(23-12-24-17)8-15-4-3-7-26(11-15)20(27)18-10-21-5-6-22-18/h5-6,9-10,12,15H,3-4,7-8,11H2,1-2H3. The first-order chi connectivity index (χ1) is 13.6. The Kier molecular flexibility index (Phi) is 5.10. The summed E-state index contributed by atoms with van der Waals surface area (Å²) in [4.78, 5) is 31.5. The number of aryl methyl sites for hydroxylation is 2. The van der Waals surface area contributed by atoms with Crippen LogP contribution in [0.15, 0.2) is 35.5 Å². The largest absolute Gasteiger partial charge is 0.361 e. The lowest BCUT2D eigenvalue weighted by Gasteiger charge is -2.32. The number of rotatable bonds is 4. The summed E-state index contributed by atoms with van der Waals surface area (Å²) >= 11 is 0. The summed E-state index contributed by atoms with van der Waals surface area (Å²) in [6.45, 7) is 5.24. The highest BCUT2D eigenvalue weighted by Crippen LogP contribution is 2.27. The molecule has 8 nitrogen and oxygen atoms in total. The van der Waals surface area contributed by atoms with Crippen molar-refractivity contribution in [3.8, 4) is 11.3 Å². The summed E-state index contributed by atoms with van der Waals surface area (Å²) in [5.41, 5.74) is 3.92. The molecule has 0 aromatic carbocycles. The van der Waals surface area contributed by atoms with E-state index in [0.717, 1.165) is 54.2 Å². The van der Waals surface area contributed by atoms with Gasteiger partial charge in [-0.05, 0) is 45.1 Å². The third-order valence-corrected chi connectivity index (χ3v) is 5.10. The van der Waals surface area contributed by atoms with E-state index in [4.69, 9.17) is 4.52 Å². The fourth-order valence-corrected chi connectivity index (χ4v) is 3.78. The van der Waals surface area contributed by atoms with Gasteiger partial charge in [-0.3, -0.25) is 9.78 Å². The molecular formula is C20H22N6O2. The molecule has 1 aliphatic heterocycles. The first-order valence-electron chi connectivity index (χ1n) is 9.41. The van der Waals surface area contributed by atoms with Crippen molar-refractivity contribution in [1.29, 1.82) is 0 Å². The van der Waals surface area contributed by atoms with Crippen LogP contribution in [0, 0.1) is 19.8 Å². The first-order valence-corrected chi connectivity index (χ1v) is 9.41. The van der Waals surface area contributed by atoms with E-state index in [1.165, 1.54) is 6.20 Å². The van der Waals surface area contributed by atoms with Crippen LogP contribution < -0.4 is 0 Å². The van der Waals surface area contributed by atoms with E-state index in [1.807, 2.05) is 24.8 Å². The Morgan fingerprint density at radius 2 is 2.14 bits per heavy atom. The Labute approximate surface area is 163 Å². The third-order valence-electron chi connectivity index (χ3n) is 5.10. The van der Waals surface area contributed by atoms with E-state index in [2.05, 4.69) is 25.1 Å². The molecule has 0 bridgehead atoms. The summed E-state index contributed by atoms with van der Waals surface area (Å²) in [5, 5.41) is 4.01. The number of carbonyl (C=O) groups is 1. The van der Waals surface area contributed by atoms with Gasteiger partial charge in [0.25, 0.3) is 5.91 Å². The van der Waals surface area contributed by atoms with Crippen LogP contribution in [0.25, 0.3) is 11.3 Å².